The van der Waals surface area contributed by atoms with Crippen molar-refractivity contribution in [3.05, 3.63) is 66.7 Å². The minimum atomic E-state index is -3.95. The molecule has 0 atom stereocenters. The van der Waals surface area contributed by atoms with Gasteiger partial charge in [-0.25, -0.2) is 17.9 Å². The Bertz CT molecular complexity index is 1200. The highest BCUT2D eigenvalue weighted by molar-refractivity contribution is 7.97. The molecule has 2 aromatic rings. The number of fused-ring (bicyclic) bond motifs is 1. The summed E-state index contributed by atoms with van der Waals surface area (Å²) in [5.41, 5.74) is 1.52. The fourth-order valence-electron chi connectivity index (χ4n) is 3.25. The Morgan fingerprint density at radius 3 is 2.28 bits per heavy atom. The van der Waals surface area contributed by atoms with Crippen LogP contribution in [0.5, 0.6) is 5.75 Å². The monoisotopic (exact) mass is 563 g/mol. The number of hydrogen-bond acceptors (Lipinski definition) is 12. The molecule has 0 unspecified atom stereocenters. The second-order valence-electron chi connectivity index (χ2n) is 7.49. The van der Waals surface area contributed by atoms with E-state index in [0.29, 0.717) is 48.0 Å². The van der Waals surface area contributed by atoms with Gasteiger partial charge >= 0.3 is 0 Å². The molecule has 0 bridgehead atoms. The van der Waals surface area contributed by atoms with Crippen LogP contribution < -0.4 is 15.2 Å². The predicted molar refractivity (Wildman–Crippen MR) is 129 cm³/mol. The van der Waals surface area contributed by atoms with Crippen LogP contribution in [-0.2, 0) is 32.9 Å². The number of halogens is 1. The van der Waals surface area contributed by atoms with Crippen molar-refractivity contribution in [2.45, 2.75) is 35.8 Å². The molecule has 0 radical (unpaired) electrons. The van der Waals surface area contributed by atoms with Crippen molar-refractivity contribution in [2.75, 3.05) is 25.1 Å². The zero-order valence-corrected chi connectivity index (χ0v) is 21.0. The van der Waals surface area contributed by atoms with Gasteiger partial charge in [-0.15, -0.1) is 20.2 Å². The van der Waals surface area contributed by atoms with E-state index in [9.17, 15) is 28.6 Å². The van der Waals surface area contributed by atoms with Crippen molar-refractivity contribution < 1.29 is 33.0 Å². The molecular weight excluding hydrogens is 542 g/mol. The van der Waals surface area contributed by atoms with Crippen molar-refractivity contribution in [3.8, 4) is 5.75 Å². The number of hydrogen-bond donors (Lipinski definition) is 2. The number of nitrogens with one attached hydrogen (secondary N) is 1. The Balaban J connectivity index is 1.51. The Morgan fingerprint density at radius 1 is 1.06 bits per heavy atom. The minimum absolute atomic E-state index is 0.0528. The van der Waals surface area contributed by atoms with Crippen LogP contribution in [0.4, 0.5) is 5.69 Å². The molecule has 1 aliphatic heterocycles. The van der Waals surface area contributed by atoms with E-state index in [2.05, 4.69) is 15.0 Å². The molecule has 1 aliphatic rings. The van der Waals surface area contributed by atoms with Crippen molar-refractivity contribution in [2.24, 2.45) is 5.14 Å². The first-order valence-electron chi connectivity index (χ1n) is 10.3. The number of rotatable bonds is 13. The third kappa shape index (κ3) is 8.27. The lowest BCUT2D eigenvalue weighted by molar-refractivity contribution is -0.763. The topological polar surface area (TPSA) is 189 Å². The van der Waals surface area contributed by atoms with Crippen molar-refractivity contribution in [1.82, 2.24) is 4.31 Å². The Hall–Kier alpha value is -3.05. The molecule has 0 aliphatic carbocycles. The van der Waals surface area contributed by atoms with Crippen LogP contribution in [0.2, 0.25) is 5.02 Å². The van der Waals surface area contributed by atoms with Gasteiger partial charge in [0.25, 0.3) is 10.2 Å². The van der Waals surface area contributed by atoms with E-state index in [0.717, 1.165) is 12.1 Å². The molecular formula is C19H22ClN5O9S2. The molecule has 0 saturated heterocycles. The molecule has 14 nitrogen and oxygen atoms in total. The molecule has 17 heteroatoms. The summed E-state index contributed by atoms with van der Waals surface area (Å²) >= 11 is 7.41. The summed E-state index contributed by atoms with van der Waals surface area (Å²) in [5, 5.41) is 27.5. The summed E-state index contributed by atoms with van der Waals surface area (Å²) in [7, 11) is -3.95. The molecule has 196 valence electrons. The summed E-state index contributed by atoms with van der Waals surface area (Å²) in [5.74, 6) is 0.372. The van der Waals surface area contributed by atoms with Gasteiger partial charge in [-0.1, -0.05) is 17.7 Å². The van der Waals surface area contributed by atoms with Crippen molar-refractivity contribution in [3.63, 3.8) is 0 Å². The van der Waals surface area contributed by atoms with Gasteiger partial charge in [0.15, 0.2) is 0 Å². The van der Waals surface area contributed by atoms with Crippen LogP contribution in [0.15, 0.2) is 40.1 Å². The van der Waals surface area contributed by atoms with Crippen molar-refractivity contribution >= 4 is 39.3 Å². The van der Waals surface area contributed by atoms with E-state index in [1.165, 1.54) is 30.1 Å². The van der Waals surface area contributed by atoms with Gasteiger partial charge in [-0.2, -0.15) is 0 Å². The van der Waals surface area contributed by atoms with Gasteiger partial charge in [-0.3, -0.25) is 0 Å². The van der Waals surface area contributed by atoms with Crippen LogP contribution >= 0.6 is 23.5 Å². The largest absolute Gasteiger partial charge is 0.494 e. The smallest absolute Gasteiger partial charge is 0.294 e. The third-order valence-corrected chi connectivity index (χ3v) is 7.26. The van der Waals surface area contributed by atoms with E-state index in [4.69, 9.17) is 21.5 Å². The van der Waals surface area contributed by atoms with Crippen LogP contribution in [0.25, 0.3) is 0 Å². The molecule has 0 aromatic heterocycles. The van der Waals surface area contributed by atoms with Gasteiger partial charge in [0.05, 0.1) is 24.0 Å². The van der Waals surface area contributed by atoms with Crippen molar-refractivity contribution in [1.29, 1.82) is 0 Å². The second-order valence-corrected chi connectivity index (χ2v) is 10.6. The number of sulfonamides is 1. The highest BCUT2D eigenvalue weighted by Gasteiger charge is 2.22. The maximum atomic E-state index is 11.7. The first-order chi connectivity index (χ1) is 17.0. The summed E-state index contributed by atoms with van der Waals surface area (Å²) in [4.78, 5) is 30.2. The van der Waals surface area contributed by atoms with Gasteiger partial charge in [0.1, 0.15) is 23.9 Å². The van der Waals surface area contributed by atoms with E-state index in [1.807, 2.05) is 4.31 Å². The van der Waals surface area contributed by atoms with Gasteiger partial charge in [0, 0.05) is 11.4 Å². The molecule has 1 heterocycles. The Kier molecular flexibility index (Phi) is 9.38. The summed E-state index contributed by atoms with van der Waals surface area (Å²) in [6, 6.07) is 7.57. The van der Waals surface area contributed by atoms with Crippen LogP contribution in [-0.4, -0.2) is 42.7 Å². The zero-order chi connectivity index (χ0) is 26.3. The lowest BCUT2D eigenvalue weighted by Crippen LogP contribution is -2.28. The van der Waals surface area contributed by atoms with Crippen LogP contribution in [0, 0.1) is 20.2 Å². The van der Waals surface area contributed by atoms with Gasteiger partial charge in [-0.05, 0) is 60.2 Å². The van der Waals surface area contributed by atoms with Gasteiger partial charge < -0.3 is 19.7 Å². The van der Waals surface area contributed by atoms with E-state index in [-0.39, 0.29) is 23.1 Å². The second kappa shape index (κ2) is 12.3. The summed E-state index contributed by atoms with van der Waals surface area (Å²) in [6.07, 6.45) is 1.39. The fraction of sp³-hybridized carbons (Fsp3) is 0.368. The number of nitrogens with zero attached hydrogens (tertiary/aromatic N) is 3. The fourth-order valence-corrected chi connectivity index (χ4v) is 5.45. The normalized spacial score (nSPS) is 13.4. The average molecular weight is 564 g/mol. The number of benzene rings is 2. The standard InChI is InChI=1S/C19H22ClN5O9S2/c20-16-8-17-18(9-19(16)36(21,30)31)35-23(12-22-17)3-1-2-4-32-15-6-13(10-33-24(26)27)5-14(7-15)11-34-25(28)29/h5-9,22H,1-4,10-12H2,(H2,21,30,31). The van der Waals surface area contributed by atoms with Crippen LogP contribution in [0.1, 0.15) is 24.0 Å². The van der Waals surface area contributed by atoms with Crippen LogP contribution in [0.3, 0.4) is 0 Å². The Labute approximate surface area is 215 Å². The van der Waals surface area contributed by atoms with E-state index in [1.54, 1.807) is 12.1 Å². The molecule has 2 aromatic carbocycles. The molecule has 0 spiro atoms. The molecule has 3 N–H and O–H groups in total. The lowest BCUT2D eigenvalue weighted by atomic mass is 10.1. The Morgan fingerprint density at radius 2 is 1.69 bits per heavy atom. The SMILES string of the molecule is NS(=O)(=O)c1cc2c(cc1Cl)NCN(CCCCOc1cc(CO[N+](=O)[O-])cc(CO[N+](=O)[O-])c1)S2. The lowest BCUT2D eigenvalue weighted by Gasteiger charge is -2.29. The molecule has 0 fully saturated rings. The maximum absolute atomic E-state index is 11.7. The number of primary sulfonamides is 1. The highest BCUT2D eigenvalue weighted by Crippen LogP contribution is 2.38. The summed E-state index contributed by atoms with van der Waals surface area (Å²) in [6.45, 7) is 0.820. The van der Waals surface area contributed by atoms with Gasteiger partial charge in [0.2, 0.25) is 10.0 Å². The predicted octanol–water partition coefficient (Wildman–Crippen LogP) is 2.96. The third-order valence-electron chi connectivity index (χ3n) is 4.78. The molecule has 3 rings (SSSR count). The van der Waals surface area contributed by atoms with E-state index < -0.39 is 20.2 Å². The number of unbranched alkanes of at least 4 members (excludes halogenated alkanes) is 1. The quantitative estimate of drug-likeness (QED) is 0.157. The minimum Gasteiger partial charge on any atom is -0.494 e. The first kappa shape index (κ1) is 27.5. The molecule has 0 amide bonds. The number of anilines is 1. The maximum Gasteiger partial charge on any atom is 0.294 e. The van der Waals surface area contributed by atoms with E-state index >= 15 is 0 Å². The molecule has 36 heavy (non-hydrogen) atoms. The first-order valence-corrected chi connectivity index (χ1v) is 13.0. The zero-order valence-electron chi connectivity index (χ0n) is 18.6. The highest BCUT2D eigenvalue weighted by atomic mass is 35.5. The number of ether oxygens (including phenoxy) is 1. The summed E-state index contributed by atoms with van der Waals surface area (Å²) < 4.78 is 31.2. The number of nitrogens with two attached hydrogens (primary N) is 1. The molecule has 0 saturated carbocycles. The average Bonchev–Trinajstić information content (AvgIpc) is 2.80.